The van der Waals surface area contributed by atoms with Crippen molar-refractivity contribution in [1.29, 1.82) is 0 Å². The molecule has 1 aliphatic carbocycles. The molecule has 10 nitrogen and oxygen atoms in total. The van der Waals surface area contributed by atoms with Gasteiger partial charge in [-0.05, 0) is 85.0 Å². The molecule has 0 atom stereocenters. The third-order valence-electron chi connectivity index (χ3n) is 8.87. The zero-order valence-corrected chi connectivity index (χ0v) is 29.2. The Balaban J connectivity index is 1.81. The summed E-state index contributed by atoms with van der Waals surface area (Å²) in [5, 5.41) is 6.55. The molecule has 0 amide bonds. The molecule has 12 heteroatoms. The van der Waals surface area contributed by atoms with Crippen LogP contribution in [-0.4, -0.2) is 37.5 Å². The summed E-state index contributed by atoms with van der Waals surface area (Å²) in [5.74, 6) is -0.864. The van der Waals surface area contributed by atoms with E-state index >= 15 is 0 Å². The van der Waals surface area contributed by atoms with E-state index in [-0.39, 0.29) is 56.3 Å². The normalized spacial score (nSPS) is 12.9. The van der Waals surface area contributed by atoms with Crippen LogP contribution >= 0.6 is 0 Å². The van der Waals surface area contributed by atoms with Gasteiger partial charge in [-0.1, -0.05) is 64.1 Å². The maximum absolute atomic E-state index is 14.3. The summed E-state index contributed by atoms with van der Waals surface area (Å²) >= 11 is 0. The van der Waals surface area contributed by atoms with Crippen LogP contribution in [0.25, 0.3) is 0 Å². The SMILES string of the molecule is CCc1cc(C)c(S(=O)(=O)O)c(CC)c1Nc1ccc(Nc2c(CC)cc(C)c(S(=O)(=O)O)c2CC)c2c1C(=O)c1ccccc1C2=O. The molecule has 48 heavy (non-hydrogen) atoms. The van der Waals surface area contributed by atoms with E-state index < -0.39 is 31.8 Å². The fourth-order valence-electron chi connectivity index (χ4n) is 6.85. The van der Waals surface area contributed by atoms with Crippen LogP contribution in [-0.2, 0) is 45.9 Å². The molecule has 0 radical (unpaired) electrons. The van der Waals surface area contributed by atoms with Gasteiger partial charge >= 0.3 is 0 Å². The molecular formula is C36H38N2O8S2. The Morgan fingerprint density at radius 2 is 0.938 bits per heavy atom. The van der Waals surface area contributed by atoms with Gasteiger partial charge in [0, 0.05) is 22.5 Å². The molecule has 0 fully saturated rings. The zero-order valence-electron chi connectivity index (χ0n) is 27.6. The highest BCUT2D eigenvalue weighted by Gasteiger charge is 2.35. The molecule has 0 heterocycles. The summed E-state index contributed by atoms with van der Waals surface area (Å²) in [7, 11) is -9.19. The molecule has 0 unspecified atom stereocenters. The fourth-order valence-corrected chi connectivity index (χ4v) is 8.90. The standard InChI is InChI=1S/C36H38N2O8S2/c1-7-21-17-19(5)35(47(41,42)43)23(9-3)31(21)37-27-15-16-28(30-29(27)33(39)25-13-11-12-14-26(25)34(30)40)38-32-22(8-2)18-20(6)36(24(32)10-4)48(44,45)46/h11-18,37-38H,7-10H2,1-6H3,(H,41,42,43)(H,44,45,46). The van der Waals surface area contributed by atoms with Crippen molar-refractivity contribution in [2.24, 2.45) is 0 Å². The van der Waals surface area contributed by atoms with E-state index in [1.165, 1.54) is 0 Å². The van der Waals surface area contributed by atoms with Crippen molar-refractivity contribution >= 4 is 54.6 Å². The van der Waals surface area contributed by atoms with Crippen LogP contribution in [0.1, 0.15) is 92.9 Å². The monoisotopic (exact) mass is 690 g/mol. The van der Waals surface area contributed by atoms with E-state index in [0.717, 1.165) is 11.1 Å². The Labute approximate surface area is 281 Å². The number of hydrogen-bond donors (Lipinski definition) is 4. The molecule has 4 aromatic rings. The highest BCUT2D eigenvalue weighted by molar-refractivity contribution is 7.86. The molecule has 1 aliphatic rings. The van der Waals surface area contributed by atoms with Gasteiger partial charge in [0.15, 0.2) is 11.6 Å². The molecule has 5 rings (SSSR count). The smallest absolute Gasteiger partial charge is 0.295 e. The van der Waals surface area contributed by atoms with E-state index in [2.05, 4.69) is 10.6 Å². The molecule has 4 aromatic carbocycles. The number of anilines is 4. The van der Waals surface area contributed by atoms with Crippen LogP contribution < -0.4 is 10.6 Å². The van der Waals surface area contributed by atoms with E-state index in [0.29, 0.717) is 46.5 Å². The fraction of sp³-hybridized carbons (Fsp3) is 0.278. The predicted octanol–water partition coefficient (Wildman–Crippen LogP) is 7.31. The number of carbonyl (C=O) groups excluding carboxylic acids is 2. The Bertz CT molecular complexity index is 2080. The first kappa shape index (κ1) is 35.0. The lowest BCUT2D eigenvalue weighted by atomic mass is 9.82. The largest absolute Gasteiger partial charge is 0.354 e. The van der Waals surface area contributed by atoms with E-state index in [4.69, 9.17) is 0 Å². The second-order valence-electron chi connectivity index (χ2n) is 11.8. The summed E-state index contributed by atoms with van der Waals surface area (Å²) in [6.07, 6.45) is 1.49. The highest BCUT2D eigenvalue weighted by Crippen LogP contribution is 2.42. The predicted molar refractivity (Wildman–Crippen MR) is 186 cm³/mol. The third-order valence-corrected chi connectivity index (χ3v) is 11.0. The van der Waals surface area contributed by atoms with Crippen LogP contribution in [0, 0.1) is 13.8 Å². The number of fused-ring (bicyclic) bond motifs is 2. The first-order valence-electron chi connectivity index (χ1n) is 15.7. The van der Waals surface area contributed by atoms with Gasteiger partial charge in [-0.2, -0.15) is 16.8 Å². The number of ketones is 2. The van der Waals surface area contributed by atoms with Crippen LogP contribution in [0.5, 0.6) is 0 Å². The minimum atomic E-state index is -4.60. The molecule has 252 valence electrons. The number of nitrogens with one attached hydrogen (secondary N) is 2. The number of benzene rings is 4. The number of carbonyl (C=O) groups is 2. The first-order chi connectivity index (χ1) is 22.6. The lowest BCUT2D eigenvalue weighted by Crippen LogP contribution is -2.24. The molecule has 4 N–H and O–H groups in total. The topological polar surface area (TPSA) is 167 Å². The summed E-state index contributed by atoms with van der Waals surface area (Å²) in [6.45, 7) is 10.6. The lowest BCUT2D eigenvalue weighted by Gasteiger charge is -2.27. The average molecular weight is 691 g/mol. The second kappa shape index (κ2) is 12.9. The quantitative estimate of drug-likeness (QED) is 0.109. The van der Waals surface area contributed by atoms with E-state index in [1.54, 1.807) is 76.2 Å². The maximum atomic E-state index is 14.3. The second-order valence-corrected chi connectivity index (χ2v) is 14.5. The Morgan fingerprint density at radius 1 is 0.583 bits per heavy atom. The Morgan fingerprint density at radius 3 is 1.23 bits per heavy atom. The Kier molecular flexibility index (Phi) is 9.41. The van der Waals surface area contributed by atoms with Gasteiger partial charge in [0.25, 0.3) is 20.2 Å². The minimum Gasteiger partial charge on any atom is -0.354 e. The average Bonchev–Trinajstić information content (AvgIpc) is 3.03. The minimum absolute atomic E-state index is 0.0556. The van der Waals surface area contributed by atoms with Crippen molar-refractivity contribution in [2.45, 2.75) is 77.0 Å². The van der Waals surface area contributed by atoms with Crippen LogP contribution in [0.3, 0.4) is 0 Å². The van der Waals surface area contributed by atoms with Crippen LogP contribution in [0.4, 0.5) is 22.7 Å². The summed E-state index contributed by atoms with van der Waals surface area (Å²) in [6, 6.07) is 13.1. The maximum Gasteiger partial charge on any atom is 0.295 e. The molecule has 0 bridgehead atoms. The number of aryl methyl sites for hydroxylation is 4. The van der Waals surface area contributed by atoms with Crippen molar-refractivity contribution in [1.82, 2.24) is 0 Å². The van der Waals surface area contributed by atoms with Gasteiger partial charge < -0.3 is 10.6 Å². The molecule has 0 spiro atoms. The summed E-state index contributed by atoms with van der Waals surface area (Å²) in [4.78, 5) is 28.1. The van der Waals surface area contributed by atoms with Gasteiger partial charge in [0.1, 0.15) is 9.79 Å². The van der Waals surface area contributed by atoms with Gasteiger partial charge in [-0.25, -0.2) is 0 Å². The molecule has 0 aliphatic heterocycles. The summed E-state index contributed by atoms with van der Waals surface area (Å²) in [5.41, 5.74) is 4.83. The van der Waals surface area contributed by atoms with Crippen molar-refractivity contribution in [3.63, 3.8) is 0 Å². The summed E-state index contributed by atoms with van der Waals surface area (Å²) < 4.78 is 70.3. The van der Waals surface area contributed by atoms with Crippen LogP contribution in [0.2, 0.25) is 0 Å². The molecule has 0 saturated heterocycles. The van der Waals surface area contributed by atoms with Gasteiger partial charge in [0.2, 0.25) is 0 Å². The van der Waals surface area contributed by atoms with E-state index in [9.17, 15) is 35.5 Å². The number of rotatable bonds is 10. The first-order valence-corrected chi connectivity index (χ1v) is 18.6. The molecular weight excluding hydrogens is 653 g/mol. The van der Waals surface area contributed by atoms with Crippen molar-refractivity contribution in [3.05, 3.63) is 104 Å². The molecule has 0 saturated carbocycles. The van der Waals surface area contributed by atoms with Crippen LogP contribution in [0.15, 0.2) is 58.3 Å². The van der Waals surface area contributed by atoms with Crippen molar-refractivity contribution in [2.75, 3.05) is 10.6 Å². The van der Waals surface area contributed by atoms with E-state index in [1.807, 2.05) is 13.8 Å². The number of hydrogen-bond acceptors (Lipinski definition) is 8. The third kappa shape index (κ3) is 5.94. The van der Waals surface area contributed by atoms with Crippen molar-refractivity contribution in [3.8, 4) is 0 Å². The van der Waals surface area contributed by atoms with Crippen molar-refractivity contribution < 1.29 is 35.5 Å². The molecule has 0 aromatic heterocycles. The zero-order chi connectivity index (χ0) is 35.3. The van der Waals surface area contributed by atoms with Gasteiger partial charge in [-0.3, -0.25) is 18.7 Å². The van der Waals surface area contributed by atoms with Gasteiger partial charge in [0.05, 0.1) is 22.5 Å². The lowest BCUT2D eigenvalue weighted by molar-refractivity contribution is 0.0980. The van der Waals surface area contributed by atoms with Gasteiger partial charge in [-0.15, -0.1) is 0 Å². The highest BCUT2D eigenvalue weighted by atomic mass is 32.2. The Hall–Kier alpha value is -4.36.